The molecule has 2 fully saturated rings. The van der Waals surface area contributed by atoms with Gasteiger partial charge in [-0.3, -0.25) is 9.69 Å². The number of likely N-dealkylation sites (tertiary alicyclic amines) is 1. The summed E-state index contributed by atoms with van der Waals surface area (Å²) in [6.07, 6.45) is -1.93. The smallest absolute Gasteiger partial charge is 0.475 e. The fourth-order valence-corrected chi connectivity index (χ4v) is 5.11. The molecule has 0 bridgehead atoms. The van der Waals surface area contributed by atoms with Gasteiger partial charge >= 0.3 is 12.1 Å². The second-order valence-corrected chi connectivity index (χ2v) is 9.26. The molecule has 1 amide bonds. The molecule has 2 saturated heterocycles. The number of thiazole rings is 1. The minimum absolute atomic E-state index is 0.0416. The lowest BCUT2D eigenvalue weighted by molar-refractivity contribution is -0.192. The summed E-state index contributed by atoms with van der Waals surface area (Å²) < 4.78 is 37.8. The van der Waals surface area contributed by atoms with E-state index in [9.17, 15) is 18.0 Å². The Morgan fingerprint density at radius 2 is 2.07 bits per heavy atom. The lowest BCUT2D eigenvalue weighted by Gasteiger charge is -2.47. The average molecular weight is 441 g/mol. The number of aliphatic carboxylic acids is 1. The molecular weight excluding hydrogens is 419 g/mol. The van der Waals surface area contributed by atoms with Crippen molar-refractivity contribution in [1.29, 1.82) is 0 Å². The van der Waals surface area contributed by atoms with Crippen LogP contribution in [0.4, 0.5) is 13.2 Å². The van der Waals surface area contributed by atoms with Gasteiger partial charge in [0.05, 0.1) is 12.6 Å². The molecule has 0 saturated carbocycles. The zero-order chi connectivity index (χ0) is 20.9. The van der Waals surface area contributed by atoms with E-state index in [2.05, 4.69) is 9.88 Å². The largest absolute Gasteiger partial charge is 0.490 e. The number of thioether (sulfide) groups is 1. The van der Waals surface area contributed by atoms with Gasteiger partial charge in [0, 0.05) is 49.3 Å². The number of rotatable bonds is 5. The van der Waals surface area contributed by atoms with E-state index in [-0.39, 0.29) is 18.6 Å². The van der Waals surface area contributed by atoms with E-state index in [1.54, 1.807) is 30.3 Å². The second kappa shape index (κ2) is 9.42. The quantitative estimate of drug-likeness (QED) is 0.748. The van der Waals surface area contributed by atoms with Gasteiger partial charge in [0.25, 0.3) is 0 Å². The lowest BCUT2D eigenvalue weighted by atomic mass is 9.93. The van der Waals surface area contributed by atoms with Crippen LogP contribution in [0.25, 0.3) is 0 Å². The van der Waals surface area contributed by atoms with Gasteiger partial charge in [0.2, 0.25) is 5.91 Å². The van der Waals surface area contributed by atoms with Crippen LogP contribution in [0.15, 0.2) is 11.6 Å². The highest BCUT2D eigenvalue weighted by atomic mass is 32.2. The molecule has 1 aromatic rings. The van der Waals surface area contributed by atoms with E-state index >= 15 is 0 Å². The van der Waals surface area contributed by atoms with E-state index in [0.717, 1.165) is 31.8 Å². The zero-order valence-electron chi connectivity index (χ0n) is 15.4. The number of halogens is 3. The Morgan fingerprint density at radius 1 is 1.43 bits per heavy atom. The third-order valence-electron chi connectivity index (χ3n) is 4.22. The molecule has 0 aromatic carbocycles. The fraction of sp³-hybridized carbons (Fsp3) is 0.688. The monoisotopic (exact) mass is 441 g/mol. The first-order chi connectivity index (χ1) is 13.0. The van der Waals surface area contributed by atoms with Crippen molar-refractivity contribution in [2.75, 3.05) is 39.5 Å². The maximum absolute atomic E-state index is 11.6. The molecule has 2 aliphatic heterocycles. The van der Waals surface area contributed by atoms with Gasteiger partial charge in [-0.15, -0.1) is 23.1 Å². The highest BCUT2D eigenvalue weighted by molar-refractivity contribution is 8.01. The minimum Gasteiger partial charge on any atom is -0.475 e. The number of likely N-dealkylation sites (N-methyl/N-ethyl adjacent to an activating group) is 1. The number of hydrogen-bond donors (Lipinski definition) is 1. The van der Waals surface area contributed by atoms with Crippen LogP contribution in [-0.2, 0) is 20.9 Å². The molecule has 1 spiro atoms. The zero-order valence-corrected chi connectivity index (χ0v) is 17.1. The van der Waals surface area contributed by atoms with Gasteiger partial charge in [-0.2, -0.15) is 13.2 Å². The summed E-state index contributed by atoms with van der Waals surface area (Å²) >= 11 is 3.73. The summed E-state index contributed by atoms with van der Waals surface area (Å²) in [7, 11) is 3.53. The van der Waals surface area contributed by atoms with Crippen molar-refractivity contribution in [3.8, 4) is 0 Å². The number of aromatic nitrogens is 1. The average Bonchev–Trinajstić information content (AvgIpc) is 3.22. The Morgan fingerprint density at radius 3 is 2.57 bits per heavy atom. The summed E-state index contributed by atoms with van der Waals surface area (Å²) in [6.45, 7) is 3.39. The van der Waals surface area contributed by atoms with Gasteiger partial charge in [0.1, 0.15) is 11.6 Å². The Balaban J connectivity index is 0.000000345. The third kappa shape index (κ3) is 6.61. The van der Waals surface area contributed by atoms with Crippen LogP contribution < -0.4 is 0 Å². The van der Waals surface area contributed by atoms with Crippen LogP contribution in [-0.4, -0.2) is 88.3 Å². The van der Waals surface area contributed by atoms with Gasteiger partial charge in [-0.25, -0.2) is 9.78 Å². The van der Waals surface area contributed by atoms with Crippen LogP contribution >= 0.6 is 23.1 Å². The molecule has 1 N–H and O–H groups in total. The molecule has 12 heteroatoms. The van der Waals surface area contributed by atoms with Crippen molar-refractivity contribution in [2.24, 2.45) is 0 Å². The van der Waals surface area contributed by atoms with Crippen molar-refractivity contribution in [2.45, 2.75) is 30.0 Å². The summed E-state index contributed by atoms with van der Waals surface area (Å²) in [5.41, 5.74) is 0. The van der Waals surface area contributed by atoms with E-state index in [1.165, 1.54) is 5.01 Å². The van der Waals surface area contributed by atoms with Gasteiger partial charge in [-0.1, -0.05) is 0 Å². The number of carboxylic acids is 1. The van der Waals surface area contributed by atoms with Crippen molar-refractivity contribution >= 4 is 35.0 Å². The number of hydrogen-bond acceptors (Lipinski definition) is 7. The lowest BCUT2D eigenvalue weighted by Crippen LogP contribution is -2.58. The van der Waals surface area contributed by atoms with Crippen molar-refractivity contribution in [3.63, 3.8) is 0 Å². The van der Waals surface area contributed by atoms with Crippen LogP contribution in [0.2, 0.25) is 0 Å². The molecule has 2 aliphatic rings. The number of amides is 1. The predicted molar refractivity (Wildman–Crippen MR) is 99.3 cm³/mol. The van der Waals surface area contributed by atoms with Gasteiger partial charge in [-0.05, 0) is 6.42 Å². The fourth-order valence-electron chi connectivity index (χ4n) is 2.85. The number of nitrogens with zero attached hydrogens (tertiary/aromatic N) is 3. The molecule has 1 aromatic heterocycles. The summed E-state index contributed by atoms with van der Waals surface area (Å²) in [5.74, 6) is -1.71. The van der Waals surface area contributed by atoms with Gasteiger partial charge < -0.3 is 14.7 Å². The molecule has 0 aliphatic carbocycles. The Labute approximate surface area is 168 Å². The minimum atomic E-state index is -5.08. The van der Waals surface area contributed by atoms with E-state index in [0.29, 0.717) is 4.75 Å². The Kier molecular flexibility index (Phi) is 7.71. The Bertz CT molecular complexity index is 665. The molecule has 1 unspecified atom stereocenters. The van der Waals surface area contributed by atoms with E-state index < -0.39 is 12.1 Å². The third-order valence-corrected chi connectivity index (χ3v) is 6.56. The maximum atomic E-state index is 11.6. The first-order valence-electron chi connectivity index (χ1n) is 8.37. The highest BCUT2D eigenvalue weighted by Crippen LogP contribution is 2.46. The number of carbonyl (C=O) groups is 2. The molecule has 1 atom stereocenters. The van der Waals surface area contributed by atoms with Crippen LogP contribution in [0.1, 0.15) is 11.4 Å². The summed E-state index contributed by atoms with van der Waals surface area (Å²) in [5, 5.41) is 10.3. The number of carboxylic acid groups (broad SMARTS) is 1. The van der Waals surface area contributed by atoms with Crippen LogP contribution in [0, 0.1) is 0 Å². The second-order valence-electron chi connectivity index (χ2n) is 6.79. The van der Waals surface area contributed by atoms with E-state index in [1.807, 2.05) is 23.3 Å². The number of alkyl halides is 3. The molecule has 158 valence electrons. The topological polar surface area (TPSA) is 83.0 Å². The first kappa shape index (κ1) is 22.9. The number of carbonyl (C=O) groups excluding carboxylic acids is 1. The molecule has 7 nitrogen and oxygen atoms in total. The van der Waals surface area contributed by atoms with Crippen LogP contribution in [0.5, 0.6) is 0 Å². The highest BCUT2D eigenvalue weighted by Gasteiger charge is 2.49. The standard InChI is InChI=1S/C14H21N3O2S2.C2HF3O2/c1-16(2)13(18)7-19-11-5-14(21-8-11)9-17(10-14)6-12-15-3-4-20-12;3-2(4,5)1(6)7/h3-4,11H,5-10H2,1-2H3;(H,6,7). The summed E-state index contributed by atoms with van der Waals surface area (Å²) in [4.78, 5) is 28.8. The van der Waals surface area contributed by atoms with Crippen molar-refractivity contribution in [3.05, 3.63) is 16.6 Å². The van der Waals surface area contributed by atoms with Crippen molar-refractivity contribution in [1.82, 2.24) is 14.8 Å². The van der Waals surface area contributed by atoms with Crippen LogP contribution in [0.3, 0.4) is 0 Å². The normalized spacial score (nSPS) is 21.0. The first-order valence-corrected chi connectivity index (χ1v) is 10.2. The molecule has 0 radical (unpaired) electrons. The SMILES string of the molecule is CN(C)C(=O)COC1CSC2(C1)CN(Cc1nccs1)C2.O=C(O)C(F)(F)F. The molecular formula is C16H22F3N3O4S2. The van der Waals surface area contributed by atoms with Crippen molar-refractivity contribution < 1.29 is 32.6 Å². The molecule has 28 heavy (non-hydrogen) atoms. The molecule has 3 rings (SSSR count). The predicted octanol–water partition coefficient (Wildman–Crippen LogP) is 1.94. The summed E-state index contributed by atoms with van der Waals surface area (Å²) in [6, 6.07) is 0. The van der Waals surface area contributed by atoms with E-state index in [4.69, 9.17) is 14.6 Å². The Hall–Kier alpha value is -1.37. The number of ether oxygens (including phenoxy) is 1. The molecule has 3 heterocycles. The van der Waals surface area contributed by atoms with Gasteiger partial charge in [0.15, 0.2) is 0 Å². The maximum Gasteiger partial charge on any atom is 0.490 e.